The predicted molar refractivity (Wildman–Crippen MR) is 32.7 cm³/mol. The van der Waals surface area contributed by atoms with E-state index in [9.17, 15) is 17.6 Å². The highest BCUT2D eigenvalue weighted by atomic mass is 19.3. The van der Waals surface area contributed by atoms with Crippen LogP contribution in [0.25, 0.3) is 0 Å². The van der Waals surface area contributed by atoms with Gasteiger partial charge in [-0.15, -0.1) is 0 Å². The first-order valence-corrected chi connectivity index (χ1v) is 3.53. The zero-order valence-electron chi connectivity index (χ0n) is 5.92. The molecule has 0 spiro atoms. The van der Waals surface area contributed by atoms with E-state index in [1.807, 2.05) is 0 Å². The van der Waals surface area contributed by atoms with Crippen molar-refractivity contribution in [2.24, 2.45) is 0 Å². The van der Waals surface area contributed by atoms with Crippen LogP contribution in [-0.4, -0.2) is 11.8 Å². The smallest absolute Gasteiger partial charge is 0.200 e. The van der Waals surface area contributed by atoms with Crippen LogP contribution < -0.4 is 0 Å². The topological polar surface area (TPSA) is 0 Å². The van der Waals surface area contributed by atoms with Gasteiger partial charge in [0.25, 0.3) is 0 Å². The second kappa shape index (κ2) is 2.64. The Morgan fingerprint density at radius 2 is 1.64 bits per heavy atom. The van der Waals surface area contributed by atoms with E-state index in [1.54, 1.807) is 0 Å². The molecule has 1 fully saturated rings. The molecule has 0 amide bonds. The van der Waals surface area contributed by atoms with E-state index in [2.05, 4.69) is 0 Å². The second-order valence-electron chi connectivity index (χ2n) is 2.79. The number of hydrogen-bond donors (Lipinski definition) is 0. The molecule has 0 heterocycles. The standard InChI is InChI=1S/C7H9F4/c8-6(9)4-2-1-3-5-7(6,10)11/h2H,1,3-5H2. The van der Waals surface area contributed by atoms with Crippen LogP contribution in [-0.2, 0) is 0 Å². The van der Waals surface area contributed by atoms with Gasteiger partial charge in [-0.2, -0.15) is 17.6 Å². The first kappa shape index (κ1) is 8.81. The lowest BCUT2D eigenvalue weighted by Crippen LogP contribution is -2.39. The van der Waals surface area contributed by atoms with E-state index in [0.717, 1.165) is 0 Å². The van der Waals surface area contributed by atoms with Gasteiger partial charge in [0, 0.05) is 12.8 Å². The third kappa shape index (κ3) is 1.65. The Kier molecular flexibility index (Phi) is 2.12. The number of alkyl halides is 4. The molecular weight excluding hydrogens is 160 g/mol. The van der Waals surface area contributed by atoms with Crippen molar-refractivity contribution in [3.8, 4) is 0 Å². The van der Waals surface area contributed by atoms with Crippen LogP contribution in [0.15, 0.2) is 0 Å². The molecule has 1 aliphatic rings. The van der Waals surface area contributed by atoms with Gasteiger partial charge >= 0.3 is 11.8 Å². The Balaban J connectivity index is 2.72. The summed E-state index contributed by atoms with van der Waals surface area (Å²) in [7, 11) is 0. The van der Waals surface area contributed by atoms with Crippen molar-refractivity contribution >= 4 is 0 Å². The molecule has 0 saturated heterocycles. The maximum atomic E-state index is 12.5. The fourth-order valence-corrected chi connectivity index (χ4v) is 1.08. The Labute approximate surface area is 62.6 Å². The summed E-state index contributed by atoms with van der Waals surface area (Å²) in [5.74, 6) is -7.64. The Bertz CT molecular complexity index is 125. The normalized spacial score (nSPS) is 29.5. The summed E-state index contributed by atoms with van der Waals surface area (Å²) in [6, 6.07) is 0. The van der Waals surface area contributed by atoms with E-state index in [0.29, 0.717) is 6.42 Å². The molecule has 1 rings (SSSR count). The molecule has 0 aromatic rings. The molecule has 11 heavy (non-hydrogen) atoms. The lowest BCUT2D eigenvalue weighted by Gasteiger charge is -2.23. The summed E-state index contributed by atoms with van der Waals surface area (Å²) in [6.45, 7) is 0. The molecule has 0 aromatic heterocycles. The third-order valence-corrected chi connectivity index (χ3v) is 1.83. The van der Waals surface area contributed by atoms with E-state index >= 15 is 0 Å². The van der Waals surface area contributed by atoms with Crippen LogP contribution in [0.1, 0.15) is 25.7 Å². The molecule has 0 atom stereocenters. The predicted octanol–water partition coefficient (Wildman–Crippen LogP) is 3.04. The van der Waals surface area contributed by atoms with Gasteiger partial charge in [0.2, 0.25) is 0 Å². The van der Waals surface area contributed by atoms with Gasteiger partial charge < -0.3 is 0 Å². The van der Waals surface area contributed by atoms with Crippen molar-refractivity contribution in [2.75, 3.05) is 0 Å². The van der Waals surface area contributed by atoms with Crippen molar-refractivity contribution in [3.63, 3.8) is 0 Å². The zero-order chi connectivity index (χ0) is 8.54. The first-order chi connectivity index (χ1) is 4.96. The van der Waals surface area contributed by atoms with Gasteiger partial charge in [0.1, 0.15) is 0 Å². The minimum absolute atomic E-state index is 0.155. The van der Waals surface area contributed by atoms with Crippen molar-refractivity contribution in [3.05, 3.63) is 6.42 Å². The highest BCUT2D eigenvalue weighted by Crippen LogP contribution is 2.43. The molecule has 4 heteroatoms. The van der Waals surface area contributed by atoms with Gasteiger partial charge in [-0.05, 0) is 19.3 Å². The molecule has 0 N–H and O–H groups in total. The van der Waals surface area contributed by atoms with Crippen molar-refractivity contribution < 1.29 is 17.6 Å². The average molecular weight is 169 g/mol. The van der Waals surface area contributed by atoms with Crippen LogP contribution >= 0.6 is 0 Å². The summed E-state index contributed by atoms with van der Waals surface area (Å²) in [5.41, 5.74) is 0. The number of hydrogen-bond acceptors (Lipinski definition) is 0. The molecule has 0 aromatic carbocycles. The number of rotatable bonds is 0. The van der Waals surface area contributed by atoms with E-state index in [-0.39, 0.29) is 6.42 Å². The average Bonchev–Trinajstić information content (AvgIpc) is 1.94. The highest BCUT2D eigenvalue weighted by Gasteiger charge is 2.55. The van der Waals surface area contributed by atoms with Gasteiger partial charge in [0.15, 0.2) is 0 Å². The summed E-state index contributed by atoms with van der Waals surface area (Å²) in [6.07, 6.45) is 0.269. The monoisotopic (exact) mass is 169 g/mol. The summed E-state index contributed by atoms with van der Waals surface area (Å²) < 4.78 is 49.9. The lowest BCUT2D eigenvalue weighted by atomic mass is 10.1. The van der Waals surface area contributed by atoms with E-state index < -0.39 is 24.7 Å². The lowest BCUT2D eigenvalue weighted by molar-refractivity contribution is -0.207. The van der Waals surface area contributed by atoms with E-state index in [1.165, 1.54) is 6.42 Å². The summed E-state index contributed by atoms with van der Waals surface area (Å²) in [5, 5.41) is 0. The highest BCUT2D eigenvalue weighted by molar-refractivity contribution is 4.92. The molecule has 0 aliphatic heterocycles. The Morgan fingerprint density at radius 1 is 1.00 bits per heavy atom. The van der Waals surface area contributed by atoms with E-state index in [4.69, 9.17) is 0 Å². The van der Waals surface area contributed by atoms with Crippen LogP contribution in [0.2, 0.25) is 0 Å². The van der Waals surface area contributed by atoms with Crippen LogP contribution in [0.4, 0.5) is 17.6 Å². The molecule has 1 radical (unpaired) electrons. The fraction of sp³-hybridized carbons (Fsp3) is 0.857. The molecule has 65 valence electrons. The Morgan fingerprint density at radius 3 is 2.27 bits per heavy atom. The quantitative estimate of drug-likeness (QED) is 0.386. The van der Waals surface area contributed by atoms with Crippen molar-refractivity contribution in [2.45, 2.75) is 37.5 Å². The molecule has 0 unspecified atom stereocenters. The fourth-order valence-electron chi connectivity index (χ4n) is 1.08. The van der Waals surface area contributed by atoms with Crippen LogP contribution in [0, 0.1) is 6.42 Å². The SMILES string of the molecule is FC1(F)C[CH]CCCC1(F)F. The van der Waals surface area contributed by atoms with Gasteiger partial charge in [-0.1, -0.05) is 0 Å². The number of halogens is 4. The van der Waals surface area contributed by atoms with Crippen LogP contribution in [0.5, 0.6) is 0 Å². The molecule has 1 aliphatic carbocycles. The first-order valence-electron chi connectivity index (χ1n) is 3.53. The zero-order valence-corrected chi connectivity index (χ0v) is 5.92. The molecule has 0 bridgehead atoms. The molecular formula is C7H9F4. The van der Waals surface area contributed by atoms with Gasteiger partial charge in [-0.3, -0.25) is 0 Å². The van der Waals surface area contributed by atoms with Crippen molar-refractivity contribution in [1.82, 2.24) is 0 Å². The largest absolute Gasteiger partial charge is 0.310 e. The van der Waals surface area contributed by atoms with Gasteiger partial charge in [-0.25, -0.2) is 0 Å². The minimum atomic E-state index is -3.83. The molecule has 0 nitrogen and oxygen atoms in total. The maximum Gasteiger partial charge on any atom is 0.310 e. The summed E-state index contributed by atoms with van der Waals surface area (Å²) in [4.78, 5) is 0. The minimum Gasteiger partial charge on any atom is -0.200 e. The van der Waals surface area contributed by atoms with Gasteiger partial charge in [0.05, 0.1) is 0 Å². The van der Waals surface area contributed by atoms with Crippen molar-refractivity contribution in [1.29, 1.82) is 0 Å². The van der Waals surface area contributed by atoms with Crippen LogP contribution in [0.3, 0.4) is 0 Å². The Hall–Kier alpha value is -0.280. The maximum absolute atomic E-state index is 12.5. The summed E-state index contributed by atoms with van der Waals surface area (Å²) >= 11 is 0. The second-order valence-corrected chi connectivity index (χ2v) is 2.79. The third-order valence-electron chi connectivity index (χ3n) is 1.83. The molecule has 1 saturated carbocycles.